The molecule has 212 valence electrons. The lowest BCUT2D eigenvalue weighted by atomic mass is 10.1. The number of nitrogens with one attached hydrogen (secondary N) is 2. The van der Waals surface area contributed by atoms with Crippen LogP contribution < -0.4 is 10.7 Å². The van der Waals surface area contributed by atoms with Gasteiger partial charge in [-0.15, -0.1) is 0 Å². The second-order valence-electron chi connectivity index (χ2n) is 10.1. The maximum atomic E-state index is 13.7. The molecule has 0 saturated carbocycles. The third kappa shape index (κ3) is 5.66. The standard InChI is InChI=1S/C34H24BrClFN5S/c35-23-13-11-22(12-14-23)30-20-43-34(40-30)41-38-18-25-17-28-26-5-2-4-8-31(26)42(19-21-9-15-24(37)16-10-21)33(28)32(39-25)27-6-1-3-7-29(27)36/h1-18,20,34,40-41H,19H2. The summed E-state index contributed by atoms with van der Waals surface area (Å²) in [5.74, 6) is -0.256. The van der Waals surface area contributed by atoms with Crippen molar-refractivity contribution in [2.75, 3.05) is 0 Å². The number of thioether (sulfide) groups is 1. The topological polar surface area (TPSA) is 54.2 Å². The van der Waals surface area contributed by atoms with Gasteiger partial charge in [0.1, 0.15) is 5.82 Å². The van der Waals surface area contributed by atoms with Crippen LogP contribution in [0, 0.1) is 5.82 Å². The van der Waals surface area contributed by atoms with Crippen LogP contribution in [0.5, 0.6) is 0 Å². The molecule has 0 spiro atoms. The summed E-state index contributed by atoms with van der Waals surface area (Å²) in [4.78, 5) is 5.08. The Morgan fingerprint density at radius 3 is 2.56 bits per heavy atom. The van der Waals surface area contributed by atoms with Crippen molar-refractivity contribution in [3.8, 4) is 11.3 Å². The Kier molecular flexibility index (Phi) is 7.65. The van der Waals surface area contributed by atoms with Crippen LogP contribution in [-0.4, -0.2) is 21.3 Å². The molecular weight excluding hydrogens is 645 g/mol. The highest BCUT2D eigenvalue weighted by Crippen LogP contribution is 2.38. The second kappa shape index (κ2) is 11.9. The lowest BCUT2D eigenvalue weighted by Gasteiger charge is -2.13. The Morgan fingerprint density at radius 1 is 0.977 bits per heavy atom. The normalized spacial score (nSPS) is 14.9. The summed E-state index contributed by atoms with van der Waals surface area (Å²) in [7, 11) is 0. The number of fused-ring (bicyclic) bond motifs is 3. The van der Waals surface area contributed by atoms with Crippen molar-refractivity contribution in [3.63, 3.8) is 0 Å². The molecule has 1 unspecified atom stereocenters. The molecule has 7 rings (SSSR count). The average Bonchev–Trinajstić information content (AvgIpc) is 3.62. The molecule has 1 aliphatic rings. The van der Waals surface area contributed by atoms with E-state index >= 15 is 0 Å². The van der Waals surface area contributed by atoms with Crippen LogP contribution in [0.15, 0.2) is 118 Å². The molecular formula is C34H24BrClFN5S. The first-order valence-corrected chi connectivity index (χ1v) is 15.7. The first-order chi connectivity index (χ1) is 21.0. The van der Waals surface area contributed by atoms with Crippen molar-refractivity contribution >= 4 is 73.0 Å². The maximum absolute atomic E-state index is 13.7. The zero-order chi connectivity index (χ0) is 29.3. The van der Waals surface area contributed by atoms with Gasteiger partial charge in [-0.25, -0.2) is 9.37 Å². The van der Waals surface area contributed by atoms with Gasteiger partial charge in [-0.2, -0.15) is 5.10 Å². The molecule has 4 aromatic carbocycles. The minimum Gasteiger partial charge on any atom is -0.355 e. The molecule has 1 atom stereocenters. The van der Waals surface area contributed by atoms with Gasteiger partial charge < -0.3 is 9.88 Å². The van der Waals surface area contributed by atoms with Crippen LogP contribution in [0.4, 0.5) is 4.39 Å². The molecule has 6 aromatic rings. The first-order valence-electron chi connectivity index (χ1n) is 13.6. The third-order valence-electron chi connectivity index (χ3n) is 7.30. The lowest BCUT2D eigenvalue weighted by Crippen LogP contribution is -2.31. The summed E-state index contributed by atoms with van der Waals surface area (Å²) >= 11 is 11.9. The fourth-order valence-corrected chi connectivity index (χ4v) is 6.58. The highest BCUT2D eigenvalue weighted by atomic mass is 79.9. The number of nitrogens with zero attached hydrogens (tertiary/aromatic N) is 3. The quantitative estimate of drug-likeness (QED) is 0.132. The number of pyridine rings is 1. The van der Waals surface area contributed by atoms with E-state index in [2.05, 4.69) is 72.1 Å². The molecule has 43 heavy (non-hydrogen) atoms. The Hall–Kier alpha value is -4.11. The summed E-state index contributed by atoms with van der Waals surface area (Å²) in [6.07, 6.45) is 1.74. The van der Waals surface area contributed by atoms with Gasteiger partial charge in [0.2, 0.25) is 0 Å². The van der Waals surface area contributed by atoms with E-state index < -0.39 is 0 Å². The molecule has 1 aliphatic heterocycles. The molecule has 0 amide bonds. The number of hydrazone groups is 1. The van der Waals surface area contributed by atoms with Crippen LogP contribution >= 0.6 is 39.3 Å². The number of hydrogen-bond acceptors (Lipinski definition) is 5. The summed E-state index contributed by atoms with van der Waals surface area (Å²) in [5, 5.41) is 12.8. The molecule has 3 heterocycles. The number of benzene rings is 4. The second-order valence-corrected chi connectivity index (χ2v) is 12.4. The van der Waals surface area contributed by atoms with Crippen LogP contribution in [0.2, 0.25) is 5.02 Å². The Balaban J connectivity index is 1.26. The van der Waals surface area contributed by atoms with Crippen molar-refractivity contribution in [1.82, 2.24) is 20.3 Å². The van der Waals surface area contributed by atoms with Crippen LogP contribution in [0.25, 0.3) is 38.8 Å². The van der Waals surface area contributed by atoms with E-state index in [1.807, 2.05) is 60.7 Å². The predicted molar refractivity (Wildman–Crippen MR) is 181 cm³/mol. The molecule has 0 fully saturated rings. The van der Waals surface area contributed by atoms with Crippen molar-refractivity contribution in [2.24, 2.45) is 5.10 Å². The van der Waals surface area contributed by atoms with E-state index in [9.17, 15) is 4.39 Å². The fourth-order valence-electron chi connectivity index (χ4n) is 5.30. The van der Waals surface area contributed by atoms with Gasteiger partial charge in [0, 0.05) is 32.9 Å². The van der Waals surface area contributed by atoms with Gasteiger partial charge in [-0.05, 0) is 59.0 Å². The summed E-state index contributed by atoms with van der Waals surface area (Å²) < 4.78 is 17.0. The molecule has 2 N–H and O–H groups in total. The number of para-hydroxylation sites is 1. The SMILES string of the molecule is Fc1ccc(Cn2c3ccccc3c3cc(C=NNC4NC(c5ccc(Br)cc5)=CS4)nc(-c4ccccc4Cl)c32)cc1. The van der Waals surface area contributed by atoms with Gasteiger partial charge in [-0.3, -0.25) is 5.43 Å². The molecule has 0 bridgehead atoms. The average molecular weight is 669 g/mol. The van der Waals surface area contributed by atoms with Crippen LogP contribution in [-0.2, 0) is 6.54 Å². The summed E-state index contributed by atoms with van der Waals surface area (Å²) in [6.45, 7) is 0.552. The van der Waals surface area contributed by atoms with Crippen molar-refractivity contribution in [3.05, 3.63) is 141 Å². The first kappa shape index (κ1) is 27.7. The molecule has 2 aromatic heterocycles. The zero-order valence-corrected chi connectivity index (χ0v) is 25.8. The molecule has 0 aliphatic carbocycles. The summed E-state index contributed by atoms with van der Waals surface area (Å²) in [6, 6.07) is 32.9. The minimum atomic E-state index is -0.256. The highest BCUT2D eigenvalue weighted by Gasteiger charge is 2.20. The Morgan fingerprint density at radius 2 is 1.74 bits per heavy atom. The zero-order valence-electron chi connectivity index (χ0n) is 22.6. The van der Waals surface area contributed by atoms with Crippen molar-refractivity contribution < 1.29 is 4.39 Å². The molecule has 5 nitrogen and oxygen atoms in total. The van der Waals surface area contributed by atoms with Crippen molar-refractivity contribution in [1.29, 1.82) is 0 Å². The van der Waals surface area contributed by atoms with E-state index in [1.165, 1.54) is 12.1 Å². The fraction of sp³-hybridized carbons (Fsp3) is 0.0588. The lowest BCUT2D eigenvalue weighted by molar-refractivity contribution is 0.626. The van der Waals surface area contributed by atoms with Gasteiger partial charge in [0.15, 0.2) is 5.50 Å². The Labute approximate surface area is 265 Å². The van der Waals surface area contributed by atoms with E-state index in [1.54, 1.807) is 18.0 Å². The molecule has 9 heteroatoms. The van der Waals surface area contributed by atoms with Gasteiger partial charge in [0.05, 0.1) is 33.8 Å². The maximum Gasteiger partial charge on any atom is 0.165 e. The molecule has 0 radical (unpaired) electrons. The van der Waals surface area contributed by atoms with E-state index in [0.717, 1.165) is 54.4 Å². The predicted octanol–water partition coefficient (Wildman–Crippen LogP) is 9.00. The number of rotatable bonds is 7. The monoisotopic (exact) mass is 667 g/mol. The van der Waals surface area contributed by atoms with Crippen molar-refractivity contribution in [2.45, 2.75) is 12.0 Å². The Bertz CT molecular complexity index is 2020. The third-order valence-corrected chi connectivity index (χ3v) is 9.03. The van der Waals surface area contributed by atoms with Gasteiger partial charge >= 0.3 is 0 Å². The van der Waals surface area contributed by atoms with E-state index in [-0.39, 0.29) is 11.3 Å². The van der Waals surface area contributed by atoms with E-state index in [0.29, 0.717) is 17.3 Å². The highest BCUT2D eigenvalue weighted by molar-refractivity contribution is 9.10. The number of hydrogen-bond donors (Lipinski definition) is 2. The summed E-state index contributed by atoms with van der Waals surface area (Å²) in [5.41, 5.74) is 10.5. The number of halogens is 3. The van der Waals surface area contributed by atoms with Crippen LogP contribution in [0.1, 0.15) is 16.8 Å². The van der Waals surface area contributed by atoms with E-state index in [4.69, 9.17) is 16.6 Å². The van der Waals surface area contributed by atoms with Crippen LogP contribution in [0.3, 0.4) is 0 Å². The van der Waals surface area contributed by atoms with Gasteiger partial charge in [0.25, 0.3) is 0 Å². The molecule has 0 saturated heterocycles. The smallest absolute Gasteiger partial charge is 0.165 e. The minimum absolute atomic E-state index is 0.112. The largest absolute Gasteiger partial charge is 0.355 e. The van der Waals surface area contributed by atoms with Gasteiger partial charge in [-0.1, -0.05) is 100.0 Å². The number of aromatic nitrogens is 2.